The van der Waals surface area contributed by atoms with Crippen LogP contribution in [0.2, 0.25) is 0 Å². The summed E-state index contributed by atoms with van der Waals surface area (Å²) in [4.78, 5) is 71.9. The van der Waals surface area contributed by atoms with Crippen molar-refractivity contribution >= 4 is 40.2 Å². The summed E-state index contributed by atoms with van der Waals surface area (Å²) >= 11 is 0. The molecule has 8 rings (SSSR count). The number of carbonyl (C=O) groups excluding carboxylic acids is 4. The average Bonchev–Trinajstić information content (AvgIpc) is 3.84. The number of fused-ring (bicyclic) bond motifs is 13. The molecular weight excluding hydrogens is 925 g/mol. The molecule has 9 atom stereocenters. The summed E-state index contributed by atoms with van der Waals surface area (Å²) in [5.41, 5.74) is -0.652. The van der Waals surface area contributed by atoms with Crippen LogP contribution in [0.25, 0.3) is 10.8 Å². The van der Waals surface area contributed by atoms with Crippen LogP contribution in [0.5, 0.6) is 17.2 Å². The Morgan fingerprint density at radius 2 is 1.49 bits per heavy atom. The highest BCUT2D eigenvalue weighted by atomic mass is 16.7. The molecule has 6 aliphatic rings. The van der Waals surface area contributed by atoms with Gasteiger partial charge >= 0.3 is 11.9 Å². The van der Waals surface area contributed by atoms with Crippen molar-refractivity contribution in [1.29, 1.82) is 0 Å². The molecule has 2 fully saturated rings. The van der Waals surface area contributed by atoms with E-state index >= 15 is 0 Å². The monoisotopic (exact) mass is 1000 g/mol. The Morgan fingerprint density at radius 3 is 2.11 bits per heavy atom. The predicted octanol–water partition coefficient (Wildman–Crippen LogP) is 5.51. The highest BCUT2D eigenvalue weighted by Crippen LogP contribution is 2.50. The van der Waals surface area contributed by atoms with E-state index < -0.39 is 83.1 Å². The van der Waals surface area contributed by atoms with E-state index in [1.165, 1.54) is 25.2 Å². The van der Waals surface area contributed by atoms with E-state index in [0.29, 0.717) is 51.4 Å². The minimum atomic E-state index is -2.00. The van der Waals surface area contributed by atoms with Crippen LogP contribution in [0.4, 0.5) is 10.5 Å². The number of likely N-dealkylation sites (tertiary alicyclic amines) is 1. The number of nitrogens with zero attached hydrogens (tertiary/aromatic N) is 5. The van der Waals surface area contributed by atoms with Crippen LogP contribution in [-0.4, -0.2) is 148 Å². The number of piperazine rings is 1. The second-order valence-corrected chi connectivity index (χ2v) is 21.7. The van der Waals surface area contributed by atoms with Crippen molar-refractivity contribution in [3.05, 3.63) is 58.0 Å². The summed E-state index contributed by atoms with van der Waals surface area (Å²) in [5.74, 6) is -6.10. The SMILES string of the molecule is CO[C@H]1/C=C/O[C@@]2(C)Oc3c(C)c(O)c4c(O)c(c5c(c4c3C2=O)=NC2(CCN(CC(C)C)CC2)N=5)NC(=O)/C(C)=C\C=C\[C@H](C)[C@H](O)[C@@H](C)[C@@H](O)[C@@H](C)[C@H](OC(=O)N2CCN(C(=O)CC(C)C)CC2)[C@@H]1C. The van der Waals surface area contributed by atoms with Crippen LogP contribution >= 0.6 is 0 Å². The lowest BCUT2D eigenvalue weighted by atomic mass is 9.78. The number of piperidine rings is 1. The van der Waals surface area contributed by atoms with Gasteiger partial charge in [0.2, 0.25) is 5.91 Å². The number of carbonyl (C=O) groups is 4. The fourth-order valence-electron chi connectivity index (χ4n) is 10.8. The molecular formula is C54H76N6O12. The van der Waals surface area contributed by atoms with Gasteiger partial charge in [-0.15, -0.1) is 0 Å². The molecule has 0 aliphatic carbocycles. The fourth-order valence-corrected chi connectivity index (χ4v) is 10.8. The zero-order chi connectivity index (χ0) is 52.7. The number of hydrogen-bond acceptors (Lipinski definition) is 15. The maximum Gasteiger partial charge on any atom is 0.410 e. The molecule has 5 N–H and O–H groups in total. The molecule has 6 heterocycles. The van der Waals surface area contributed by atoms with E-state index in [1.807, 2.05) is 13.8 Å². The molecule has 3 amide bonds. The van der Waals surface area contributed by atoms with Crippen molar-refractivity contribution in [3.8, 4) is 17.2 Å². The number of methoxy groups -OCH3 is 1. The van der Waals surface area contributed by atoms with Gasteiger partial charge in [-0.2, -0.15) is 0 Å². The molecule has 1 spiro atoms. The standard InChI is InChI=1S/C54H76N6O12/c1-28(2)26-37(61)59-21-23-60(24-22-59)52(68)71-48-32(7)36(69-12)16-25-70-53(11)50(66)40-38-39(46(64)35(10)49(40)72-53)47(65)43(42-41(38)56-54(57-42)17-19-58(20-18-54)27-29(3)4)55-51(67)31(6)15-13-14-30(5)44(62)33(8)45(63)34(48)9/h13-16,25,28-30,32-34,36,44-45,48,62-65H,17-24,26-27H2,1-12H3,(H,55,67)/b14-13+,25-16+,31-15-/t30-,32+,33+,34+,36-,44-,45+,48+,53-/m0/s1. The highest BCUT2D eigenvalue weighted by Gasteiger charge is 2.50. The number of allylic oxidation sites excluding steroid dienone is 2. The number of nitrogens with one attached hydrogen (secondary N) is 1. The number of ketones is 1. The number of aliphatic hydroxyl groups is 2. The fraction of sp³-hybridized carbons (Fsp3) is 0.630. The van der Waals surface area contributed by atoms with E-state index in [-0.39, 0.29) is 80.3 Å². The number of rotatable bonds is 6. The number of amides is 3. The third kappa shape index (κ3) is 10.6. The predicted molar refractivity (Wildman–Crippen MR) is 270 cm³/mol. The van der Waals surface area contributed by atoms with Gasteiger partial charge < -0.3 is 59.4 Å². The summed E-state index contributed by atoms with van der Waals surface area (Å²) in [7, 11) is 1.47. The number of ether oxygens (including phenoxy) is 4. The Morgan fingerprint density at radius 1 is 0.847 bits per heavy atom. The first kappa shape index (κ1) is 54.2. The number of aromatic hydroxyl groups is 2. The number of phenols is 2. The molecule has 0 aromatic heterocycles. The van der Waals surface area contributed by atoms with E-state index in [9.17, 15) is 39.6 Å². The number of anilines is 1. The second-order valence-electron chi connectivity index (χ2n) is 21.7. The minimum absolute atomic E-state index is 0.0199. The molecule has 18 nitrogen and oxygen atoms in total. The summed E-state index contributed by atoms with van der Waals surface area (Å²) in [5, 5.41) is 51.1. The number of phenolic OH excluding ortho intramolecular Hbond substituents is 2. The average molecular weight is 1000 g/mol. The zero-order valence-corrected chi connectivity index (χ0v) is 44.0. The normalized spacial score (nSPS) is 30.9. The topological polar surface area (TPSA) is 233 Å². The summed E-state index contributed by atoms with van der Waals surface area (Å²) in [6.07, 6.45) is 4.45. The van der Waals surface area contributed by atoms with Crippen molar-refractivity contribution in [3.63, 3.8) is 0 Å². The van der Waals surface area contributed by atoms with E-state index in [0.717, 1.165) is 6.54 Å². The largest absolute Gasteiger partial charge is 0.507 e. The zero-order valence-electron chi connectivity index (χ0n) is 44.0. The molecule has 6 aliphatic heterocycles. The quantitative estimate of drug-likeness (QED) is 0.225. The van der Waals surface area contributed by atoms with E-state index in [1.54, 1.807) is 70.7 Å². The summed E-state index contributed by atoms with van der Waals surface area (Å²) < 4.78 is 24.9. The Hall–Kier alpha value is -5.56. The molecule has 18 heteroatoms. The van der Waals surface area contributed by atoms with Crippen molar-refractivity contribution in [2.45, 2.75) is 131 Å². The highest BCUT2D eigenvalue weighted by molar-refractivity contribution is 6.19. The first-order valence-electron chi connectivity index (χ1n) is 25.6. The maximum absolute atomic E-state index is 14.9. The van der Waals surface area contributed by atoms with Crippen molar-refractivity contribution in [1.82, 2.24) is 14.7 Å². The number of benzene rings is 2. The van der Waals surface area contributed by atoms with Gasteiger partial charge in [-0.1, -0.05) is 73.6 Å². The Labute approximate surface area is 422 Å². The maximum atomic E-state index is 14.9. The van der Waals surface area contributed by atoms with Crippen molar-refractivity contribution in [2.75, 3.05) is 58.2 Å². The van der Waals surface area contributed by atoms with E-state index in [4.69, 9.17) is 28.9 Å². The Kier molecular flexibility index (Phi) is 16.2. The van der Waals surface area contributed by atoms with Crippen LogP contribution in [0.15, 0.2) is 46.1 Å². The molecule has 72 heavy (non-hydrogen) atoms. The van der Waals surface area contributed by atoms with Gasteiger partial charge in [0.05, 0.1) is 40.9 Å². The lowest BCUT2D eigenvalue weighted by molar-refractivity contribution is -0.134. The lowest BCUT2D eigenvalue weighted by Crippen LogP contribution is -2.53. The number of Topliss-reactive ketones (excluding diaryl/α,β-unsaturated/α-hetero) is 1. The molecule has 2 saturated heterocycles. The van der Waals surface area contributed by atoms with Gasteiger partial charge in [0.15, 0.2) is 11.4 Å². The third-order valence-electron chi connectivity index (χ3n) is 15.3. The van der Waals surface area contributed by atoms with E-state index in [2.05, 4.69) is 24.1 Å². The third-order valence-corrected chi connectivity index (χ3v) is 15.3. The molecule has 0 radical (unpaired) electrons. The molecule has 2 aromatic rings. The van der Waals surface area contributed by atoms with Crippen LogP contribution in [0, 0.1) is 42.4 Å². The van der Waals surface area contributed by atoms with Gasteiger partial charge in [-0.3, -0.25) is 24.4 Å². The first-order valence-corrected chi connectivity index (χ1v) is 25.6. The van der Waals surface area contributed by atoms with Crippen LogP contribution < -0.4 is 20.8 Å². The second kappa shape index (κ2) is 21.5. The molecule has 394 valence electrons. The molecule has 2 aromatic carbocycles. The number of hydrogen-bond donors (Lipinski definition) is 5. The molecule has 0 unspecified atom stereocenters. The number of aliphatic hydroxyl groups excluding tert-OH is 2. The Balaban J connectivity index is 1.30. The summed E-state index contributed by atoms with van der Waals surface area (Å²) in [6, 6.07) is 0. The first-order chi connectivity index (χ1) is 33.9. The Bertz CT molecular complexity index is 2650. The van der Waals surface area contributed by atoms with Gasteiger partial charge in [0, 0.05) is 119 Å². The van der Waals surface area contributed by atoms with Gasteiger partial charge in [-0.05, 0) is 31.8 Å². The van der Waals surface area contributed by atoms with Gasteiger partial charge in [-0.25, -0.2) is 4.79 Å². The van der Waals surface area contributed by atoms with Crippen molar-refractivity contribution in [2.24, 2.45) is 45.5 Å². The molecule has 5 bridgehead atoms. The lowest BCUT2D eigenvalue weighted by Gasteiger charge is -2.40. The molecule has 0 saturated carbocycles. The van der Waals surface area contributed by atoms with Gasteiger partial charge in [0.1, 0.15) is 28.6 Å². The van der Waals surface area contributed by atoms with Crippen LogP contribution in [0.1, 0.15) is 104 Å². The summed E-state index contributed by atoms with van der Waals surface area (Å²) in [6.45, 7) is 23.4. The van der Waals surface area contributed by atoms with Crippen LogP contribution in [0.3, 0.4) is 0 Å². The van der Waals surface area contributed by atoms with Crippen molar-refractivity contribution < 1.29 is 58.6 Å². The van der Waals surface area contributed by atoms with Gasteiger partial charge in [0.25, 0.3) is 11.7 Å². The minimum Gasteiger partial charge on any atom is -0.507 e. The van der Waals surface area contributed by atoms with Crippen LogP contribution in [-0.2, 0) is 23.8 Å². The smallest absolute Gasteiger partial charge is 0.410 e.